The highest BCUT2D eigenvalue weighted by molar-refractivity contribution is 5.87. The molecule has 0 aromatic heterocycles. The Bertz CT molecular complexity index is 480. The summed E-state index contributed by atoms with van der Waals surface area (Å²) in [6, 6.07) is 8.15. The third kappa shape index (κ3) is 4.26. The zero-order valence-electron chi connectivity index (χ0n) is 12.4. The van der Waals surface area contributed by atoms with Gasteiger partial charge in [-0.25, -0.2) is 9.59 Å². The number of carboxylic acids is 1. The molecular weight excluding hydrogens is 256 g/mol. The molecule has 0 fully saturated rings. The minimum atomic E-state index is -1.46. The molecule has 0 bridgehead atoms. The van der Waals surface area contributed by atoms with E-state index in [1.165, 1.54) is 6.92 Å². The van der Waals surface area contributed by atoms with E-state index < -0.39 is 17.5 Å². The first-order chi connectivity index (χ1) is 9.15. The highest BCUT2D eigenvalue weighted by Gasteiger charge is 2.36. The summed E-state index contributed by atoms with van der Waals surface area (Å²) in [5.74, 6) is -1.10. The Morgan fingerprint density at radius 2 is 1.65 bits per heavy atom. The molecule has 1 unspecified atom stereocenters. The number of hydrogen-bond acceptors (Lipinski definition) is 2. The van der Waals surface area contributed by atoms with Crippen molar-refractivity contribution in [3.05, 3.63) is 35.9 Å². The van der Waals surface area contributed by atoms with Crippen molar-refractivity contribution in [2.75, 3.05) is 6.54 Å². The molecule has 0 radical (unpaired) electrons. The molecule has 0 aliphatic rings. The normalized spacial score (nSPS) is 14.2. The van der Waals surface area contributed by atoms with Gasteiger partial charge in [-0.15, -0.1) is 0 Å². The van der Waals surface area contributed by atoms with E-state index in [0.717, 1.165) is 0 Å². The average Bonchev–Trinajstić information content (AvgIpc) is 2.36. The molecule has 0 saturated heterocycles. The predicted molar refractivity (Wildman–Crippen MR) is 77.4 cm³/mol. The second-order valence-corrected chi connectivity index (χ2v) is 6.16. The minimum absolute atomic E-state index is 0.0658. The fraction of sp³-hybridized carbons (Fsp3) is 0.467. The Morgan fingerprint density at radius 3 is 2.10 bits per heavy atom. The molecular formula is C15H22N2O3. The van der Waals surface area contributed by atoms with Gasteiger partial charge in [-0.1, -0.05) is 51.1 Å². The monoisotopic (exact) mass is 278 g/mol. The Kier molecular flexibility index (Phi) is 4.76. The quantitative estimate of drug-likeness (QED) is 0.791. The second kappa shape index (κ2) is 5.94. The van der Waals surface area contributed by atoms with Gasteiger partial charge in [0.05, 0.1) is 0 Å². The Morgan fingerprint density at radius 1 is 1.10 bits per heavy atom. The van der Waals surface area contributed by atoms with Gasteiger partial charge in [0.2, 0.25) is 0 Å². The van der Waals surface area contributed by atoms with Crippen LogP contribution in [-0.4, -0.2) is 23.7 Å². The SMILES string of the molecule is CC(C)(C)CNC(=O)NC(C)(C(=O)O)c1ccccc1. The number of carbonyl (C=O) groups is 2. The highest BCUT2D eigenvalue weighted by Crippen LogP contribution is 2.20. The minimum Gasteiger partial charge on any atom is -0.479 e. The van der Waals surface area contributed by atoms with Crippen LogP contribution in [0.25, 0.3) is 0 Å². The molecule has 20 heavy (non-hydrogen) atoms. The third-order valence-corrected chi connectivity index (χ3v) is 2.92. The number of carbonyl (C=O) groups excluding carboxylic acids is 1. The van der Waals surface area contributed by atoms with Crippen molar-refractivity contribution in [3.63, 3.8) is 0 Å². The summed E-state index contributed by atoms with van der Waals surface area (Å²) < 4.78 is 0. The molecule has 1 aromatic rings. The van der Waals surface area contributed by atoms with E-state index >= 15 is 0 Å². The van der Waals surface area contributed by atoms with Gasteiger partial charge < -0.3 is 15.7 Å². The third-order valence-electron chi connectivity index (χ3n) is 2.92. The fourth-order valence-corrected chi connectivity index (χ4v) is 1.64. The van der Waals surface area contributed by atoms with Crippen LogP contribution >= 0.6 is 0 Å². The van der Waals surface area contributed by atoms with E-state index in [1.54, 1.807) is 30.3 Å². The molecule has 0 spiro atoms. The van der Waals surface area contributed by atoms with Gasteiger partial charge in [0.1, 0.15) is 0 Å². The van der Waals surface area contributed by atoms with E-state index in [2.05, 4.69) is 10.6 Å². The Hall–Kier alpha value is -2.04. The zero-order chi connectivity index (χ0) is 15.4. The molecule has 110 valence electrons. The smallest absolute Gasteiger partial charge is 0.333 e. The maximum atomic E-state index is 11.9. The molecule has 0 aliphatic heterocycles. The van der Waals surface area contributed by atoms with Gasteiger partial charge >= 0.3 is 12.0 Å². The number of rotatable bonds is 4. The molecule has 0 aliphatic carbocycles. The first kappa shape index (κ1) is 16.0. The van der Waals surface area contributed by atoms with Crippen molar-refractivity contribution in [1.29, 1.82) is 0 Å². The molecule has 1 atom stereocenters. The molecule has 5 heteroatoms. The van der Waals surface area contributed by atoms with Gasteiger partial charge in [0.25, 0.3) is 0 Å². The summed E-state index contributed by atoms with van der Waals surface area (Å²) in [5, 5.41) is 14.6. The molecule has 2 amide bonds. The standard InChI is InChI=1S/C15H22N2O3/c1-14(2,3)10-16-13(20)17-15(4,12(18)19)11-8-6-5-7-9-11/h5-9H,10H2,1-4H3,(H,18,19)(H2,16,17,20). The maximum absolute atomic E-state index is 11.9. The number of carboxylic acid groups (broad SMARTS) is 1. The lowest BCUT2D eigenvalue weighted by molar-refractivity contribution is -0.144. The van der Waals surface area contributed by atoms with E-state index in [-0.39, 0.29) is 5.41 Å². The van der Waals surface area contributed by atoms with Gasteiger partial charge in [0, 0.05) is 6.54 Å². The van der Waals surface area contributed by atoms with Crippen LogP contribution in [0.1, 0.15) is 33.3 Å². The molecule has 3 N–H and O–H groups in total. The molecule has 1 aromatic carbocycles. The topological polar surface area (TPSA) is 78.4 Å². The van der Waals surface area contributed by atoms with Crippen LogP contribution in [0, 0.1) is 5.41 Å². The van der Waals surface area contributed by atoms with E-state index in [9.17, 15) is 14.7 Å². The number of amides is 2. The van der Waals surface area contributed by atoms with Crippen LogP contribution in [0.15, 0.2) is 30.3 Å². The van der Waals surface area contributed by atoms with E-state index in [4.69, 9.17) is 0 Å². The van der Waals surface area contributed by atoms with Crippen molar-refractivity contribution in [1.82, 2.24) is 10.6 Å². The lowest BCUT2D eigenvalue weighted by Gasteiger charge is -2.28. The number of benzene rings is 1. The van der Waals surface area contributed by atoms with Crippen molar-refractivity contribution in [2.45, 2.75) is 33.2 Å². The molecule has 5 nitrogen and oxygen atoms in total. The highest BCUT2D eigenvalue weighted by atomic mass is 16.4. The largest absolute Gasteiger partial charge is 0.479 e. The van der Waals surface area contributed by atoms with Crippen LogP contribution < -0.4 is 10.6 Å². The van der Waals surface area contributed by atoms with Crippen LogP contribution in [0.4, 0.5) is 4.79 Å². The van der Waals surface area contributed by atoms with Crippen LogP contribution in [-0.2, 0) is 10.3 Å². The maximum Gasteiger partial charge on any atom is 0.333 e. The fourth-order valence-electron chi connectivity index (χ4n) is 1.64. The van der Waals surface area contributed by atoms with Crippen molar-refractivity contribution in [3.8, 4) is 0 Å². The number of aliphatic carboxylic acids is 1. The average molecular weight is 278 g/mol. The predicted octanol–water partition coefficient (Wildman–Crippen LogP) is 2.33. The molecule has 1 rings (SSSR count). The zero-order valence-corrected chi connectivity index (χ0v) is 12.4. The van der Waals surface area contributed by atoms with Crippen molar-refractivity contribution < 1.29 is 14.7 Å². The Labute approximate surface area is 119 Å². The second-order valence-electron chi connectivity index (χ2n) is 6.16. The van der Waals surface area contributed by atoms with E-state index in [0.29, 0.717) is 12.1 Å². The lowest BCUT2D eigenvalue weighted by atomic mass is 9.92. The summed E-state index contributed by atoms with van der Waals surface area (Å²) in [7, 11) is 0. The first-order valence-corrected chi connectivity index (χ1v) is 6.50. The summed E-state index contributed by atoms with van der Waals surface area (Å²) in [6.07, 6.45) is 0. The van der Waals surface area contributed by atoms with E-state index in [1.807, 2.05) is 20.8 Å². The summed E-state index contributed by atoms with van der Waals surface area (Å²) in [6.45, 7) is 7.90. The van der Waals surface area contributed by atoms with Gasteiger partial charge in [0.15, 0.2) is 5.54 Å². The van der Waals surface area contributed by atoms with Crippen molar-refractivity contribution >= 4 is 12.0 Å². The summed E-state index contributed by atoms with van der Waals surface area (Å²) >= 11 is 0. The lowest BCUT2D eigenvalue weighted by Crippen LogP contribution is -2.53. The molecule has 0 heterocycles. The van der Waals surface area contributed by atoms with Gasteiger partial charge in [-0.3, -0.25) is 0 Å². The van der Waals surface area contributed by atoms with Crippen LogP contribution in [0.2, 0.25) is 0 Å². The summed E-state index contributed by atoms with van der Waals surface area (Å²) in [5.41, 5.74) is -0.995. The number of urea groups is 1. The first-order valence-electron chi connectivity index (χ1n) is 6.50. The van der Waals surface area contributed by atoms with Crippen LogP contribution in [0.5, 0.6) is 0 Å². The van der Waals surface area contributed by atoms with Crippen molar-refractivity contribution in [2.24, 2.45) is 5.41 Å². The Balaban J connectivity index is 2.83. The number of nitrogens with one attached hydrogen (secondary N) is 2. The van der Waals surface area contributed by atoms with Gasteiger partial charge in [-0.2, -0.15) is 0 Å². The van der Waals surface area contributed by atoms with Gasteiger partial charge in [-0.05, 0) is 17.9 Å². The molecule has 0 saturated carbocycles. The van der Waals surface area contributed by atoms with Crippen LogP contribution in [0.3, 0.4) is 0 Å². The number of hydrogen-bond donors (Lipinski definition) is 3. The summed E-state index contributed by atoms with van der Waals surface area (Å²) in [4.78, 5) is 23.4.